The van der Waals surface area contributed by atoms with Crippen LogP contribution in [0.3, 0.4) is 0 Å². The summed E-state index contributed by atoms with van der Waals surface area (Å²) in [6.45, 7) is 0. The van der Waals surface area contributed by atoms with Crippen LogP contribution in [0.4, 0.5) is 4.39 Å². The first kappa shape index (κ1) is 15.5. The fourth-order valence-electron chi connectivity index (χ4n) is 2.46. The molecule has 0 aliphatic carbocycles. The third-order valence-electron chi connectivity index (χ3n) is 3.57. The number of hydrazine groups is 1. The van der Waals surface area contributed by atoms with Crippen molar-refractivity contribution in [1.82, 2.24) is 5.43 Å². The predicted octanol–water partition coefficient (Wildman–Crippen LogP) is 3.36. The van der Waals surface area contributed by atoms with E-state index in [9.17, 15) is 4.39 Å². The molecule has 0 aliphatic heterocycles. The normalized spacial score (nSPS) is 12.1. The van der Waals surface area contributed by atoms with Crippen molar-refractivity contribution in [3.8, 4) is 5.75 Å². The van der Waals surface area contributed by atoms with Crippen LogP contribution in [0, 0.1) is 5.82 Å². The molecule has 4 heteroatoms. The largest absolute Gasteiger partial charge is 0.496 e. The van der Waals surface area contributed by atoms with E-state index in [4.69, 9.17) is 10.6 Å². The van der Waals surface area contributed by atoms with Crippen LogP contribution in [0.5, 0.6) is 5.75 Å². The molecule has 2 rings (SSSR count). The molecule has 0 fully saturated rings. The van der Waals surface area contributed by atoms with Crippen molar-refractivity contribution >= 4 is 0 Å². The maximum absolute atomic E-state index is 13.4. The Labute approximate surface area is 124 Å². The molecular weight excluding hydrogens is 267 g/mol. The molecule has 0 amide bonds. The second kappa shape index (κ2) is 7.76. The molecule has 0 aromatic heterocycles. The van der Waals surface area contributed by atoms with Crippen molar-refractivity contribution in [2.45, 2.75) is 25.3 Å². The number of benzene rings is 2. The fraction of sp³-hybridized carbons (Fsp3) is 0.294. The van der Waals surface area contributed by atoms with Crippen LogP contribution in [-0.2, 0) is 6.42 Å². The fourth-order valence-corrected chi connectivity index (χ4v) is 2.46. The quantitative estimate of drug-likeness (QED) is 0.606. The second-order valence-electron chi connectivity index (χ2n) is 4.98. The highest BCUT2D eigenvalue weighted by molar-refractivity contribution is 5.36. The number of methoxy groups -OCH3 is 1. The Bertz CT molecular complexity index is 560. The van der Waals surface area contributed by atoms with Gasteiger partial charge in [-0.2, -0.15) is 0 Å². The van der Waals surface area contributed by atoms with Gasteiger partial charge in [-0.3, -0.25) is 11.3 Å². The zero-order chi connectivity index (χ0) is 15.1. The van der Waals surface area contributed by atoms with E-state index in [1.54, 1.807) is 13.2 Å². The van der Waals surface area contributed by atoms with Gasteiger partial charge in [-0.15, -0.1) is 0 Å². The maximum atomic E-state index is 13.4. The van der Waals surface area contributed by atoms with E-state index in [1.165, 1.54) is 17.7 Å². The Hall–Kier alpha value is -1.91. The molecule has 0 saturated heterocycles. The smallest absolute Gasteiger partial charge is 0.123 e. The molecule has 2 aromatic carbocycles. The maximum Gasteiger partial charge on any atom is 0.123 e. The number of nitrogens with two attached hydrogens (primary N) is 1. The second-order valence-corrected chi connectivity index (χ2v) is 4.98. The average Bonchev–Trinajstić information content (AvgIpc) is 2.52. The van der Waals surface area contributed by atoms with Crippen molar-refractivity contribution in [2.75, 3.05) is 7.11 Å². The number of nitrogens with one attached hydrogen (secondary N) is 1. The topological polar surface area (TPSA) is 47.3 Å². The van der Waals surface area contributed by atoms with Gasteiger partial charge in [0, 0.05) is 11.6 Å². The molecule has 1 unspecified atom stereocenters. The summed E-state index contributed by atoms with van der Waals surface area (Å²) >= 11 is 0. The summed E-state index contributed by atoms with van der Waals surface area (Å²) in [4.78, 5) is 0. The summed E-state index contributed by atoms with van der Waals surface area (Å²) in [5.74, 6) is 6.00. The predicted molar refractivity (Wildman–Crippen MR) is 82.4 cm³/mol. The number of halogens is 1. The molecule has 0 bridgehead atoms. The summed E-state index contributed by atoms with van der Waals surface area (Å²) in [6.07, 6.45) is 2.74. The highest BCUT2D eigenvalue weighted by Gasteiger charge is 2.15. The molecule has 0 aliphatic rings. The third kappa shape index (κ3) is 4.28. The Balaban J connectivity index is 2.01. The van der Waals surface area contributed by atoms with Gasteiger partial charge in [0.2, 0.25) is 0 Å². The molecule has 3 nitrogen and oxygen atoms in total. The zero-order valence-electron chi connectivity index (χ0n) is 12.2. The Morgan fingerprint density at radius 2 is 1.95 bits per heavy atom. The van der Waals surface area contributed by atoms with Gasteiger partial charge in [-0.1, -0.05) is 30.3 Å². The lowest BCUT2D eigenvalue weighted by atomic mass is 9.98. The van der Waals surface area contributed by atoms with E-state index in [1.807, 2.05) is 18.2 Å². The molecular formula is C17H21FN2O. The lowest BCUT2D eigenvalue weighted by Gasteiger charge is -2.19. The Morgan fingerprint density at radius 1 is 1.19 bits per heavy atom. The first-order valence-electron chi connectivity index (χ1n) is 7.08. The van der Waals surface area contributed by atoms with Gasteiger partial charge < -0.3 is 4.74 Å². The summed E-state index contributed by atoms with van der Waals surface area (Å²) in [6, 6.07) is 14.7. The number of aryl methyl sites for hydroxylation is 1. The van der Waals surface area contributed by atoms with Crippen LogP contribution in [-0.4, -0.2) is 7.11 Å². The van der Waals surface area contributed by atoms with Gasteiger partial charge in [-0.25, -0.2) is 4.39 Å². The molecule has 21 heavy (non-hydrogen) atoms. The minimum atomic E-state index is -0.283. The first-order chi connectivity index (χ1) is 10.2. The lowest BCUT2D eigenvalue weighted by molar-refractivity contribution is 0.392. The van der Waals surface area contributed by atoms with Crippen molar-refractivity contribution in [3.05, 3.63) is 65.5 Å². The summed E-state index contributed by atoms with van der Waals surface area (Å²) in [5.41, 5.74) is 4.81. The molecule has 0 saturated carbocycles. The Kier molecular flexibility index (Phi) is 5.72. The average molecular weight is 288 g/mol. The van der Waals surface area contributed by atoms with Gasteiger partial charge in [0.1, 0.15) is 11.6 Å². The molecule has 0 radical (unpaired) electrons. The van der Waals surface area contributed by atoms with Crippen molar-refractivity contribution in [3.63, 3.8) is 0 Å². The monoisotopic (exact) mass is 288 g/mol. The molecule has 2 aromatic rings. The molecule has 1 atom stereocenters. The van der Waals surface area contributed by atoms with E-state index in [0.29, 0.717) is 5.75 Å². The Morgan fingerprint density at radius 3 is 2.62 bits per heavy atom. The zero-order valence-corrected chi connectivity index (χ0v) is 12.2. The number of hydrogen-bond acceptors (Lipinski definition) is 3. The van der Waals surface area contributed by atoms with Crippen LogP contribution in [0.2, 0.25) is 0 Å². The molecule has 112 valence electrons. The molecule has 0 spiro atoms. The summed E-state index contributed by atoms with van der Waals surface area (Å²) < 4.78 is 18.7. The SMILES string of the molecule is COc1ccc(F)cc1C(CCCc1ccccc1)NN. The minimum Gasteiger partial charge on any atom is -0.496 e. The van der Waals surface area contributed by atoms with E-state index < -0.39 is 0 Å². The molecule has 0 heterocycles. The van der Waals surface area contributed by atoms with E-state index in [0.717, 1.165) is 24.8 Å². The van der Waals surface area contributed by atoms with Crippen LogP contribution >= 0.6 is 0 Å². The van der Waals surface area contributed by atoms with Crippen LogP contribution in [0.25, 0.3) is 0 Å². The summed E-state index contributed by atoms with van der Waals surface area (Å²) in [5, 5.41) is 0. The van der Waals surface area contributed by atoms with Gasteiger partial charge in [0.15, 0.2) is 0 Å². The van der Waals surface area contributed by atoms with Crippen molar-refractivity contribution in [2.24, 2.45) is 5.84 Å². The number of rotatable bonds is 7. The summed E-state index contributed by atoms with van der Waals surface area (Å²) in [7, 11) is 1.58. The van der Waals surface area contributed by atoms with E-state index in [2.05, 4.69) is 17.6 Å². The number of hydrogen-bond donors (Lipinski definition) is 2. The standard InChI is InChI=1S/C17H21FN2O/c1-21-17-11-10-14(18)12-15(17)16(20-19)9-5-8-13-6-3-2-4-7-13/h2-4,6-7,10-12,16,20H,5,8-9,19H2,1H3. The lowest BCUT2D eigenvalue weighted by Crippen LogP contribution is -2.28. The van der Waals surface area contributed by atoms with Crippen LogP contribution in [0.1, 0.15) is 30.0 Å². The van der Waals surface area contributed by atoms with E-state index >= 15 is 0 Å². The van der Waals surface area contributed by atoms with Gasteiger partial charge >= 0.3 is 0 Å². The highest BCUT2D eigenvalue weighted by Crippen LogP contribution is 2.28. The number of ether oxygens (including phenoxy) is 1. The van der Waals surface area contributed by atoms with Crippen molar-refractivity contribution < 1.29 is 9.13 Å². The van der Waals surface area contributed by atoms with Crippen molar-refractivity contribution in [1.29, 1.82) is 0 Å². The highest BCUT2D eigenvalue weighted by atomic mass is 19.1. The van der Waals surface area contributed by atoms with Gasteiger partial charge in [-0.05, 0) is 43.0 Å². The minimum absolute atomic E-state index is 0.126. The molecule has 3 N–H and O–H groups in total. The van der Waals surface area contributed by atoms with Gasteiger partial charge in [0.25, 0.3) is 0 Å². The van der Waals surface area contributed by atoms with Crippen LogP contribution in [0.15, 0.2) is 48.5 Å². The van der Waals surface area contributed by atoms with Gasteiger partial charge in [0.05, 0.1) is 7.11 Å². The third-order valence-corrected chi connectivity index (χ3v) is 3.57. The van der Waals surface area contributed by atoms with Crippen LogP contribution < -0.4 is 16.0 Å². The first-order valence-corrected chi connectivity index (χ1v) is 7.08. The van der Waals surface area contributed by atoms with E-state index in [-0.39, 0.29) is 11.9 Å².